The first kappa shape index (κ1) is 24.2. The lowest BCUT2D eigenvalue weighted by Gasteiger charge is -2.54. The molecule has 4 heterocycles. The number of ether oxygens (including phenoxy) is 2. The lowest BCUT2D eigenvalue weighted by molar-refractivity contribution is -0.137. The van der Waals surface area contributed by atoms with Crippen LogP contribution in [0.4, 0.5) is 13.2 Å². The van der Waals surface area contributed by atoms with Gasteiger partial charge in [-0.15, -0.1) is 0 Å². The highest BCUT2D eigenvalue weighted by molar-refractivity contribution is 6.00. The Labute approximate surface area is 206 Å². The predicted octanol–water partition coefficient (Wildman–Crippen LogP) is 4.64. The summed E-state index contributed by atoms with van der Waals surface area (Å²) in [6.45, 7) is 0.377. The zero-order valence-electron chi connectivity index (χ0n) is 19.6. The Kier molecular flexibility index (Phi) is 6.61. The van der Waals surface area contributed by atoms with Gasteiger partial charge in [0.15, 0.2) is 5.82 Å². The van der Waals surface area contributed by atoms with Crippen molar-refractivity contribution in [2.75, 3.05) is 13.7 Å². The summed E-state index contributed by atoms with van der Waals surface area (Å²) in [4.78, 5) is 28.4. The summed E-state index contributed by atoms with van der Waals surface area (Å²) >= 11 is 0. The Bertz CT molecular complexity index is 1210. The van der Waals surface area contributed by atoms with Gasteiger partial charge < -0.3 is 14.4 Å². The SMILES string of the molecule is COC[C@@H]1[C@@H]2CC[C@@H]([C@H](Oc3ccc(C(F)(F)F)cn3)C2)N1C(=O)c1ccccc1-c1ncccn1. The Balaban J connectivity index is 1.45. The summed E-state index contributed by atoms with van der Waals surface area (Å²) in [5, 5.41) is 0. The fraction of sp³-hybridized carbons (Fsp3) is 0.385. The number of halogens is 3. The molecule has 0 radical (unpaired) electrons. The Morgan fingerprint density at radius 2 is 1.83 bits per heavy atom. The topological polar surface area (TPSA) is 77.4 Å². The number of methoxy groups -OCH3 is 1. The maximum atomic E-state index is 14.0. The van der Waals surface area contributed by atoms with E-state index in [0.717, 1.165) is 18.7 Å². The van der Waals surface area contributed by atoms with Crippen LogP contribution in [0.15, 0.2) is 61.1 Å². The molecule has 2 saturated heterocycles. The second-order valence-corrected chi connectivity index (χ2v) is 9.03. The van der Waals surface area contributed by atoms with Crippen LogP contribution in [0.25, 0.3) is 11.4 Å². The van der Waals surface area contributed by atoms with Crippen LogP contribution in [-0.4, -0.2) is 57.7 Å². The molecule has 2 aromatic heterocycles. The number of hydrogen-bond donors (Lipinski definition) is 0. The number of pyridine rings is 1. The van der Waals surface area contributed by atoms with E-state index in [0.29, 0.717) is 36.4 Å². The summed E-state index contributed by atoms with van der Waals surface area (Å²) in [6.07, 6.45) is 1.44. The van der Waals surface area contributed by atoms with Crippen LogP contribution in [-0.2, 0) is 10.9 Å². The van der Waals surface area contributed by atoms with Crippen LogP contribution in [0, 0.1) is 5.92 Å². The minimum Gasteiger partial charge on any atom is -0.472 e. The molecule has 1 amide bonds. The molecule has 6 rings (SSSR count). The summed E-state index contributed by atoms with van der Waals surface area (Å²) in [6, 6.07) is 10.7. The first-order valence-corrected chi connectivity index (χ1v) is 11.7. The van der Waals surface area contributed by atoms with Crippen molar-refractivity contribution in [3.05, 3.63) is 72.2 Å². The van der Waals surface area contributed by atoms with Crippen LogP contribution < -0.4 is 4.74 Å². The Morgan fingerprint density at radius 1 is 1.06 bits per heavy atom. The molecule has 3 aliphatic rings. The molecule has 0 spiro atoms. The molecule has 10 heteroatoms. The number of rotatable bonds is 6. The maximum Gasteiger partial charge on any atom is 0.417 e. The summed E-state index contributed by atoms with van der Waals surface area (Å²) in [5.74, 6) is 0.505. The number of benzene rings is 1. The van der Waals surface area contributed by atoms with Gasteiger partial charge >= 0.3 is 6.18 Å². The summed E-state index contributed by atoms with van der Waals surface area (Å²) < 4.78 is 50.3. The second kappa shape index (κ2) is 9.85. The fourth-order valence-corrected chi connectivity index (χ4v) is 5.31. The first-order chi connectivity index (χ1) is 17.4. The molecule has 7 nitrogen and oxygen atoms in total. The molecule has 2 bridgehead atoms. The van der Waals surface area contributed by atoms with Gasteiger partial charge in [-0.05, 0) is 43.4 Å². The lowest BCUT2D eigenvalue weighted by Crippen LogP contribution is -2.65. The van der Waals surface area contributed by atoms with Crippen molar-refractivity contribution in [1.82, 2.24) is 19.9 Å². The van der Waals surface area contributed by atoms with E-state index in [2.05, 4.69) is 15.0 Å². The van der Waals surface area contributed by atoms with Crippen LogP contribution in [0.2, 0.25) is 0 Å². The highest BCUT2D eigenvalue weighted by atomic mass is 19.4. The molecule has 1 aromatic carbocycles. The minimum atomic E-state index is -4.47. The third-order valence-electron chi connectivity index (χ3n) is 6.93. The molecule has 36 heavy (non-hydrogen) atoms. The Hall–Kier alpha value is -3.53. The molecular formula is C26H25F3N4O3. The van der Waals surface area contributed by atoms with E-state index in [9.17, 15) is 18.0 Å². The van der Waals surface area contributed by atoms with Crippen LogP contribution in [0.3, 0.4) is 0 Å². The standard InChI is InChI=1S/C26H25F3N4O3/c1-35-15-21-16-7-9-20(22(13-16)36-23-10-8-17(14-32-23)26(27,28)29)33(21)25(34)19-6-3-2-5-18(19)24-30-11-4-12-31-24/h2-6,8,10-12,14,16,20-22H,7,9,13,15H2,1H3/t16-,20+,21-,22-/m1/s1. The van der Waals surface area contributed by atoms with Crippen molar-refractivity contribution >= 4 is 5.91 Å². The molecular weight excluding hydrogens is 473 g/mol. The van der Waals surface area contributed by atoms with Gasteiger partial charge in [0.2, 0.25) is 5.88 Å². The Morgan fingerprint density at radius 3 is 2.53 bits per heavy atom. The van der Waals surface area contributed by atoms with Crippen molar-refractivity contribution in [3.8, 4) is 17.3 Å². The maximum absolute atomic E-state index is 14.0. The van der Waals surface area contributed by atoms with Gasteiger partial charge in [0.25, 0.3) is 5.91 Å². The molecule has 0 unspecified atom stereocenters. The van der Waals surface area contributed by atoms with E-state index in [1.807, 2.05) is 17.0 Å². The number of nitrogens with zero attached hydrogens (tertiary/aromatic N) is 4. The smallest absolute Gasteiger partial charge is 0.417 e. The van der Waals surface area contributed by atoms with Gasteiger partial charge in [-0.25, -0.2) is 15.0 Å². The average Bonchev–Trinajstić information content (AvgIpc) is 2.89. The highest BCUT2D eigenvalue weighted by Gasteiger charge is 2.50. The molecule has 188 valence electrons. The average molecular weight is 499 g/mol. The monoisotopic (exact) mass is 498 g/mol. The zero-order chi connectivity index (χ0) is 25.3. The fourth-order valence-electron chi connectivity index (χ4n) is 5.31. The third kappa shape index (κ3) is 4.65. The predicted molar refractivity (Wildman–Crippen MR) is 124 cm³/mol. The van der Waals surface area contributed by atoms with E-state index in [4.69, 9.17) is 9.47 Å². The van der Waals surface area contributed by atoms with E-state index in [1.54, 1.807) is 37.7 Å². The van der Waals surface area contributed by atoms with Gasteiger partial charge in [-0.2, -0.15) is 13.2 Å². The molecule has 3 fully saturated rings. The van der Waals surface area contributed by atoms with Gasteiger partial charge in [-0.1, -0.05) is 18.2 Å². The number of alkyl halides is 3. The van der Waals surface area contributed by atoms with Crippen LogP contribution >= 0.6 is 0 Å². The van der Waals surface area contributed by atoms with Crippen molar-refractivity contribution in [3.63, 3.8) is 0 Å². The second-order valence-electron chi connectivity index (χ2n) is 9.03. The van der Waals surface area contributed by atoms with E-state index in [-0.39, 0.29) is 29.8 Å². The van der Waals surface area contributed by atoms with E-state index < -0.39 is 17.8 Å². The van der Waals surface area contributed by atoms with Crippen molar-refractivity contribution in [2.45, 2.75) is 43.6 Å². The third-order valence-corrected chi connectivity index (χ3v) is 6.93. The van der Waals surface area contributed by atoms with Gasteiger partial charge in [0.1, 0.15) is 6.10 Å². The van der Waals surface area contributed by atoms with Gasteiger partial charge in [-0.3, -0.25) is 4.79 Å². The quantitative estimate of drug-likeness (QED) is 0.493. The number of fused-ring (bicyclic) bond motifs is 3. The minimum absolute atomic E-state index is 0.106. The van der Waals surface area contributed by atoms with Crippen LogP contribution in [0.5, 0.6) is 5.88 Å². The van der Waals surface area contributed by atoms with E-state index >= 15 is 0 Å². The number of aromatic nitrogens is 3. The van der Waals surface area contributed by atoms with Gasteiger partial charge in [0, 0.05) is 37.3 Å². The molecule has 1 aliphatic carbocycles. The normalized spacial score (nSPS) is 23.5. The number of amides is 1. The van der Waals surface area contributed by atoms with Crippen molar-refractivity contribution < 1.29 is 27.4 Å². The molecule has 3 aromatic rings. The summed E-state index contributed by atoms with van der Waals surface area (Å²) in [7, 11) is 1.61. The molecule has 0 N–H and O–H groups in total. The van der Waals surface area contributed by atoms with Crippen molar-refractivity contribution in [2.24, 2.45) is 5.92 Å². The largest absolute Gasteiger partial charge is 0.472 e. The molecule has 1 saturated carbocycles. The number of piperidine rings is 2. The van der Waals surface area contributed by atoms with E-state index in [1.165, 1.54) is 6.07 Å². The zero-order valence-corrected chi connectivity index (χ0v) is 19.6. The number of hydrogen-bond acceptors (Lipinski definition) is 6. The lowest BCUT2D eigenvalue weighted by atomic mass is 9.72. The van der Waals surface area contributed by atoms with Crippen LogP contribution in [0.1, 0.15) is 35.2 Å². The number of carbonyl (C=O) groups excluding carboxylic acids is 1. The molecule has 4 atom stereocenters. The highest BCUT2D eigenvalue weighted by Crippen LogP contribution is 2.43. The van der Waals surface area contributed by atoms with Gasteiger partial charge in [0.05, 0.1) is 29.8 Å². The number of carbonyl (C=O) groups is 1. The summed E-state index contributed by atoms with van der Waals surface area (Å²) in [5.41, 5.74) is 0.267. The molecule has 2 aliphatic heterocycles. The first-order valence-electron chi connectivity index (χ1n) is 11.7. The van der Waals surface area contributed by atoms with Crippen molar-refractivity contribution in [1.29, 1.82) is 0 Å².